The van der Waals surface area contributed by atoms with Crippen LogP contribution in [0.1, 0.15) is 32.3 Å². The number of nitrogens with zero attached hydrogens (tertiary/aromatic N) is 2. The van der Waals surface area contributed by atoms with Gasteiger partial charge in [-0.15, -0.1) is 0 Å². The van der Waals surface area contributed by atoms with Crippen LogP contribution in [-0.2, 0) is 0 Å². The lowest BCUT2D eigenvalue weighted by molar-refractivity contribution is 0.372. The Morgan fingerprint density at radius 2 is 1.85 bits per heavy atom. The molecule has 1 unspecified atom stereocenters. The average Bonchev–Trinajstić information content (AvgIpc) is 2.05. The Kier molecular flexibility index (Phi) is 2.67. The number of hydrogen-bond donors (Lipinski definition) is 0. The number of rotatable bonds is 1. The van der Waals surface area contributed by atoms with E-state index in [4.69, 9.17) is 5.26 Å². The molecule has 0 aliphatic carbocycles. The van der Waals surface area contributed by atoms with Gasteiger partial charge in [-0.3, -0.25) is 4.98 Å². The molecule has 0 aliphatic rings. The first kappa shape index (κ1) is 9.73. The molecule has 0 spiro atoms. The van der Waals surface area contributed by atoms with Crippen molar-refractivity contribution in [3.63, 3.8) is 0 Å². The molecule has 13 heavy (non-hydrogen) atoms. The molecule has 0 N–H and O–H groups in total. The molecule has 0 bridgehead atoms. The predicted octanol–water partition coefficient (Wildman–Crippen LogP) is 2.73. The summed E-state index contributed by atoms with van der Waals surface area (Å²) >= 11 is 0. The minimum atomic E-state index is -0.0597. The van der Waals surface area contributed by atoms with Crippen LogP contribution in [-0.4, -0.2) is 4.98 Å². The van der Waals surface area contributed by atoms with Gasteiger partial charge in [0, 0.05) is 12.4 Å². The van der Waals surface area contributed by atoms with Gasteiger partial charge in [0.15, 0.2) is 0 Å². The molecule has 0 radical (unpaired) electrons. The third kappa shape index (κ3) is 2.29. The summed E-state index contributed by atoms with van der Waals surface area (Å²) in [5, 5.41) is 9.04. The van der Waals surface area contributed by atoms with Gasteiger partial charge in [0.05, 0.1) is 12.0 Å². The highest BCUT2D eigenvalue weighted by Crippen LogP contribution is 2.33. The molecule has 1 rings (SSSR count). The summed E-state index contributed by atoms with van der Waals surface area (Å²) in [5.41, 5.74) is 1.03. The maximum absolute atomic E-state index is 9.04. The summed E-state index contributed by atoms with van der Waals surface area (Å²) in [4.78, 5) is 3.93. The smallest absolute Gasteiger partial charge is 0.0762 e. The molecule has 0 aromatic carbocycles. The van der Waals surface area contributed by atoms with Gasteiger partial charge in [-0.05, 0) is 23.1 Å². The van der Waals surface area contributed by atoms with Crippen LogP contribution in [0.25, 0.3) is 0 Å². The highest BCUT2D eigenvalue weighted by atomic mass is 14.6. The van der Waals surface area contributed by atoms with E-state index in [1.807, 2.05) is 12.1 Å². The largest absolute Gasteiger partial charge is 0.265 e. The first-order valence-electron chi connectivity index (χ1n) is 4.35. The molecule has 2 nitrogen and oxygen atoms in total. The van der Waals surface area contributed by atoms with E-state index in [0.717, 1.165) is 5.56 Å². The fourth-order valence-electron chi connectivity index (χ4n) is 1.32. The van der Waals surface area contributed by atoms with E-state index >= 15 is 0 Å². The highest BCUT2D eigenvalue weighted by molar-refractivity contribution is 5.24. The van der Waals surface area contributed by atoms with Crippen molar-refractivity contribution in [2.45, 2.75) is 26.7 Å². The molecule has 0 aliphatic heterocycles. The lowest BCUT2D eigenvalue weighted by Crippen LogP contribution is -2.16. The molecular weight excluding hydrogens is 160 g/mol. The first-order valence-corrected chi connectivity index (χ1v) is 4.35. The van der Waals surface area contributed by atoms with Crippen molar-refractivity contribution in [2.75, 3.05) is 0 Å². The average molecular weight is 174 g/mol. The van der Waals surface area contributed by atoms with Gasteiger partial charge >= 0.3 is 0 Å². The summed E-state index contributed by atoms with van der Waals surface area (Å²) in [6.07, 6.45) is 3.46. The van der Waals surface area contributed by atoms with Crippen molar-refractivity contribution in [3.05, 3.63) is 30.1 Å². The molecular formula is C11H14N2. The molecule has 1 aromatic rings. The van der Waals surface area contributed by atoms with E-state index in [-0.39, 0.29) is 11.3 Å². The summed E-state index contributed by atoms with van der Waals surface area (Å²) in [5.74, 6) is -0.0597. The summed E-state index contributed by atoms with van der Waals surface area (Å²) in [7, 11) is 0. The Morgan fingerprint density at radius 1 is 1.31 bits per heavy atom. The third-order valence-corrected chi connectivity index (χ3v) is 2.03. The lowest BCUT2D eigenvalue weighted by atomic mass is 9.78. The fraction of sp³-hybridized carbons (Fsp3) is 0.455. The van der Waals surface area contributed by atoms with Crippen molar-refractivity contribution >= 4 is 0 Å². The van der Waals surface area contributed by atoms with Gasteiger partial charge in [0.25, 0.3) is 0 Å². The topological polar surface area (TPSA) is 36.7 Å². The molecule has 2 heteroatoms. The van der Waals surface area contributed by atoms with Crippen LogP contribution in [0.4, 0.5) is 0 Å². The Labute approximate surface area is 79.2 Å². The van der Waals surface area contributed by atoms with Crippen molar-refractivity contribution in [1.82, 2.24) is 4.98 Å². The number of nitriles is 1. The van der Waals surface area contributed by atoms with Crippen LogP contribution in [0.2, 0.25) is 0 Å². The van der Waals surface area contributed by atoms with Gasteiger partial charge in [-0.25, -0.2) is 0 Å². The molecule has 1 atom stereocenters. The normalized spacial score (nSPS) is 13.4. The molecule has 1 heterocycles. The van der Waals surface area contributed by atoms with E-state index < -0.39 is 0 Å². The van der Waals surface area contributed by atoms with Crippen LogP contribution in [0.5, 0.6) is 0 Å². The minimum absolute atomic E-state index is 0.0178. The maximum atomic E-state index is 9.04. The summed E-state index contributed by atoms with van der Waals surface area (Å²) < 4.78 is 0. The van der Waals surface area contributed by atoms with Gasteiger partial charge in [0.2, 0.25) is 0 Å². The Balaban J connectivity index is 3.01. The summed E-state index contributed by atoms with van der Waals surface area (Å²) in [6.45, 7) is 6.21. The van der Waals surface area contributed by atoms with Crippen LogP contribution >= 0.6 is 0 Å². The molecule has 0 saturated carbocycles. The molecule has 0 saturated heterocycles. The van der Waals surface area contributed by atoms with Crippen molar-refractivity contribution < 1.29 is 0 Å². The molecule has 0 amide bonds. The lowest BCUT2D eigenvalue weighted by Gasteiger charge is -2.24. The SMILES string of the molecule is CC(C)(C)C(C#N)c1ccncc1. The maximum Gasteiger partial charge on any atom is 0.0762 e. The van der Waals surface area contributed by atoms with Crippen LogP contribution < -0.4 is 0 Å². The van der Waals surface area contributed by atoms with Crippen LogP contribution in [0.15, 0.2) is 24.5 Å². The first-order chi connectivity index (χ1) is 6.05. The van der Waals surface area contributed by atoms with Gasteiger partial charge < -0.3 is 0 Å². The van der Waals surface area contributed by atoms with Gasteiger partial charge in [0.1, 0.15) is 0 Å². The zero-order valence-electron chi connectivity index (χ0n) is 8.28. The Morgan fingerprint density at radius 3 is 2.23 bits per heavy atom. The van der Waals surface area contributed by atoms with Gasteiger partial charge in [-0.1, -0.05) is 20.8 Å². The monoisotopic (exact) mass is 174 g/mol. The summed E-state index contributed by atoms with van der Waals surface area (Å²) in [6, 6.07) is 6.13. The zero-order valence-corrected chi connectivity index (χ0v) is 8.28. The number of pyridine rings is 1. The van der Waals surface area contributed by atoms with E-state index in [0.29, 0.717) is 0 Å². The van der Waals surface area contributed by atoms with Gasteiger partial charge in [-0.2, -0.15) is 5.26 Å². The van der Waals surface area contributed by atoms with Crippen LogP contribution in [0, 0.1) is 16.7 Å². The minimum Gasteiger partial charge on any atom is -0.265 e. The second-order valence-corrected chi connectivity index (χ2v) is 4.21. The molecule has 0 fully saturated rings. The predicted molar refractivity (Wildman–Crippen MR) is 52.0 cm³/mol. The second-order valence-electron chi connectivity index (χ2n) is 4.21. The Hall–Kier alpha value is -1.36. The van der Waals surface area contributed by atoms with E-state index in [1.165, 1.54) is 0 Å². The van der Waals surface area contributed by atoms with Crippen molar-refractivity contribution in [1.29, 1.82) is 5.26 Å². The fourth-order valence-corrected chi connectivity index (χ4v) is 1.32. The molecule has 1 aromatic heterocycles. The van der Waals surface area contributed by atoms with E-state index in [1.54, 1.807) is 12.4 Å². The van der Waals surface area contributed by atoms with Crippen molar-refractivity contribution in [2.24, 2.45) is 5.41 Å². The zero-order chi connectivity index (χ0) is 9.90. The van der Waals surface area contributed by atoms with E-state index in [2.05, 4.69) is 31.8 Å². The van der Waals surface area contributed by atoms with Crippen LogP contribution in [0.3, 0.4) is 0 Å². The highest BCUT2D eigenvalue weighted by Gasteiger charge is 2.25. The second kappa shape index (κ2) is 3.57. The third-order valence-electron chi connectivity index (χ3n) is 2.03. The van der Waals surface area contributed by atoms with E-state index in [9.17, 15) is 0 Å². The Bertz CT molecular complexity index is 303. The number of hydrogen-bond acceptors (Lipinski definition) is 2. The van der Waals surface area contributed by atoms with Crippen molar-refractivity contribution in [3.8, 4) is 6.07 Å². The molecule has 68 valence electrons. The standard InChI is InChI=1S/C11H14N2/c1-11(2,3)10(8-12)9-4-6-13-7-5-9/h4-7,10H,1-3H3. The number of aromatic nitrogens is 1. The quantitative estimate of drug-likeness (QED) is 0.656.